The molecule has 0 unspecified atom stereocenters. The smallest absolute Gasteiger partial charge is 0.196 e. The summed E-state index contributed by atoms with van der Waals surface area (Å²) in [6, 6.07) is 7.30. The van der Waals surface area contributed by atoms with Crippen molar-refractivity contribution in [1.82, 2.24) is 5.32 Å². The maximum atomic E-state index is 8.77. The Balaban J connectivity index is 2.23. The molecule has 82 valence electrons. The van der Waals surface area contributed by atoms with Crippen LogP contribution in [0.2, 0.25) is 0 Å². The fourth-order valence-corrected chi connectivity index (χ4v) is 1.47. The van der Waals surface area contributed by atoms with E-state index in [1.807, 2.05) is 0 Å². The van der Waals surface area contributed by atoms with E-state index in [1.165, 1.54) is 0 Å². The summed E-state index contributed by atoms with van der Waals surface area (Å²) >= 11 is 0. The van der Waals surface area contributed by atoms with Crippen LogP contribution < -0.4 is 15.4 Å². The molecule has 0 saturated heterocycles. The quantitative estimate of drug-likeness (QED) is 0.771. The molecule has 16 heavy (non-hydrogen) atoms. The lowest BCUT2D eigenvalue weighted by Crippen LogP contribution is -2.26. The van der Waals surface area contributed by atoms with Crippen molar-refractivity contribution in [3.63, 3.8) is 0 Å². The molecule has 1 aliphatic rings. The molecule has 0 bridgehead atoms. The largest absolute Gasteiger partial charge is 0.495 e. The lowest BCUT2D eigenvalue weighted by atomic mass is 10.2. The van der Waals surface area contributed by atoms with Crippen molar-refractivity contribution >= 4 is 11.6 Å². The summed E-state index contributed by atoms with van der Waals surface area (Å²) < 4.78 is 5.20. The highest BCUT2D eigenvalue weighted by Crippen LogP contribution is 2.25. The topological polar surface area (TPSA) is 69.4 Å². The molecule has 2 N–H and O–H groups in total. The Hall–Kier alpha value is -2.22. The second-order valence-electron chi connectivity index (χ2n) is 3.31. The Labute approximate surface area is 93.8 Å². The Morgan fingerprint density at radius 2 is 2.44 bits per heavy atom. The molecule has 0 fully saturated rings. The van der Waals surface area contributed by atoms with E-state index in [4.69, 9.17) is 10.00 Å². The summed E-state index contributed by atoms with van der Waals surface area (Å²) in [6.45, 7) is 1.63. The second kappa shape index (κ2) is 4.53. The van der Waals surface area contributed by atoms with Gasteiger partial charge < -0.3 is 15.4 Å². The van der Waals surface area contributed by atoms with Gasteiger partial charge in [0.05, 0.1) is 31.0 Å². The van der Waals surface area contributed by atoms with E-state index in [2.05, 4.69) is 21.7 Å². The van der Waals surface area contributed by atoms with Gasteiger partial charge in [-0.1, -0.05) is 0 Å². The van der Waals surface area contributed by atoms with Crippen LogP contribution in [0, 0.1) is 11.3 Å². The number of aliphatic imine (C=N–C) groups is 1. The molecule has 5 nitrogen and oxygen atoms in total. The number of rotatable bonds is 2. The number of nitrogens with zero attached hydrogens (tertiary/aromatic N) is 2. The fourth-order valence-electron chi connectivity index (χ4n) is 1.47. The molecule has 1 aromatic rings. The van der Waals surface area contributed by atoms with Gasteiger partial charge >= 0.3 is 0 Å². The molecule has 0 radical (unpaired) electrons. The molecular weight excluding hydrogens is 204 g/mol. The van der Waals surface area contributed by atoms with E-state index in [-0.39, 0.29) is 0 Å². The lowest BCUT2D eigenvalue weighted by Gasteiger charge is -2.11. The molecule has 1 aromatic carbocycles. The van der Waals surface area contributed by atoms with Gasteiger partial charge in [-0.15, -0.1) is 0 Å². The van der Waals surface area contributed by atoms with Gasteiger partial charge in [0.1, 0.15) is 5.75 Å². The predicted octanol–water partition coefficient (Wildman–Crippen LogP) is 0.938. The molecule has 0 atom stereocenters. The first kappa shape index (κ1) is 10.3. The molecule has 1 heterocycles. The normalized spacial score (nSPS) is 13.6. The number of nitriles is 1. The highest BCUT2D eigenvalue weighted by Gasteiger charge is 2.09. The van der Waals surface area contributed by atoms with Crippen LogP contribution in [0.15, 0.2) is 23.2 Å². The fraction of sp³-hybridized carbons (Fsp3) is 0.273. The third kappa shape index (κ3) is 2.06. The molecule has 0 amide bonds. The third-order valence-electron chi connectivity index (χ3n) is 2.26. The molecule has 2 rings (SSSR count). The number of hydrogen-bond donors (Lipinski definition) is 2. The number of anilines is 1. The van der Waals surface area contributed by atoms with Crippen molar-refractivity contribution < 1.29 is 4.74 Å². The van der Waals surface area contributed by atoms with Crippen LogP contribution >= 0.6 is 0 Å². The van der Waals surface area contributed by atoms with Gasteiger partial charge in [-0.2, -0.15) is 5.26 Å². The van der Waals surface area contributed by atoms with Crippen molar-refractivity contribution in [1.29, 1.82) is 5.26 Å². The standard InChI is InChI=1S/C11H12N4O/c1-16-10-6-8(7-12)2-3-9(10)15-11-13-4-5-14-11/h2-3,6H,4-5H2,1H3,(H2,13,14,15). The van der Waals surface area contributed by atoms with Crippen molar-refractivity contribution in [3.05, 3.63) is 23.8 Å². The first-order chi connectivity index (χ1) is 7.83. The molecule has 0 aliphatic carbocycles. The monoisotopic (exact) mass is 216 g/mol. The number of methoxy groups -OCH3 is 1. The summed E-state index contributed by atoms with van der Waals surface area (Å²) in [4.78, 5) is 4.22. The first-order valence-electron chi connectivity index (χ1n) is 4.97. The van der Waals surface area contributed by atoms with Gasteiger partial charge in [-0.25, -0.2) is 0 Å². The predicted molar refractivity (Wildman–Crippen MR) is 61.6 cm³/mol. The Bertz CT molecular complexity index is 462. The maximum absolute atomic E-state index is 8.77. The van der Waals surface area contributed by atoms with Crippen molar-refractivity contribution in [2.24, 2.45) is 4.99 Å². The minimum absolute atomic E-state index is 0.573. The van der Waals surface area contributed by atoms with Crippen LogP contribution in [0.1, 0.15) is 5.56 Å². The number of hydrogen-bond acceptors (Lipinski definition) is 5. The Kier molecular flexibility index (Phi) is 2.92. The van der Waals surface area contributed by atoms with Crippen LogP contribution in [0.4, 0.5) is 5.69 Å². The minimum atomic E-state index is 0.573. The van der Waals surface area contributed by atoms with Crippen LogP contribution in [0.3, 0.4) is 0 Å². The van der Waals surface area contributed by atoms with Crippen molar-refractivity contribution in [2.45, 2.75) is 0 Å². The number of nitrogens with one attached hydrogen (secondary N) is 2. The van der Waals surface area contributed by atoms with Gasteiger partial charge in [0.2, 0.25) is 0 Å². The highest BCUT2D eigenvalue weighted by molar-refractivity contribution is 5.95. The number of guanidine groups is 1. The molecule has 5 heteroatoms. The SMILES string of the molecule is COc1cc(C#N)ccc1NC1=NCCN1. The maximum Gasteiger partial charge on any atom is 0.196 e. The van der Waals surface area contributed by atoms with Gasteiger partial charge in [0, 0.05) is 12.6 Å². The first-order valence-corrected chi connectivity index (χ1v) is 4.97. The Morgan fingerprint density at radius 3 is 3.06 bits per heavy atom. The van der Waals surface area contributed by atoms with E-state index in [0.29, 0.717) is 11.3 Å². The molecule has 1 aliphatic heterocycles. The Morgan fingerprint density at radius 1 is 1.56 bits per heavy atom. The average molecular weight is 216 g/mol. The van der Waals surface area contributed by atoms with Crippen LogP contribution in [-0.2, 0) is 0 Å². The molecule has 0 aromatic heterocycles. The van der Waals surface area contributed by atoms with E-state index < -0.39 is 0 Å². The van der Waals surface area contributed by atoms with Crippen molar-refractivity contribution in [2.75, 3.05) is 25.5 Å². The molecule has 0 spiro atoms. The average Bonchev–Trinajstić information content (AvgIpc) is 2.82. The van der Waals surface area contributed by atoms with Gasteiger partial charge in [0.15, 0.2) is 5.96 Å². The summed E-state index contributed by atoms with van der Waals surface area (Å²) in [5, 5.41) is 15.0. The zero-order chi connectivity index (χ0) is 11.4. The van der Waals surface area contributed by atoms with E-state index in [9.17, 15) is 0 Å². The summed E-state index contributed by atoms with van der Waals surface area (Å²) in [5.74, 6) is 1.37. The summed E-state index contributed by atoms with van der Waals surface area (Å²) in [7, 11) is 1.57. The van der Waals surface area contributed by atoms with Crippen molar-refractivity contribution in [3.8, 4) is 11.8 Å². The molecular formula is C11H12N4O. The van der Waals surface area contributed by atoms with Gasteiger partial charge in [-0.05, 0) is 12.1 Å². The van der Waals surface area contributed by atoms with Gasteiger partial charge in [0.25, 0.3) is 0 Å². The zero-order valence-corrected chi connectivity index (χ0v) is 8.95. The summed E-state index contributed by atoms with van der Waals surface area (Å²) in [5.41, 5.74) is 1.37. The van der Waals surface area contributed by atoms with E-state index in [0.717, 1.165) is 24.7 Å². The van der Waals surface area contributed by atoms with E-state index >= 15 is 0 Å². The van der Waals surface area contributed by atoms with Crippen LogP contribution in [0.25, 0.3) is 0 Å². The number of benzene rings is 1. The zero-order valence-electron chi connectivity index (χ0n) is 8.95. The second-order valence-corrected chi connectivity index (χ2v) is 3.31. The minimum Gasteiger partial charge on any atom is -0.495 e. The molecule has 0 saturated carbocycles. The highest BCUT2D eigenvalue weighted by atomic mass is 16.5. The third-order valence-corrected chi connectivity index (χ3v) is 2.26. The summed E-state index contributed by atoms with van der Waals surface area (Å²) in [6.07, 6.45) is 0. The lowest BCUT2D eigenvalue weighted by molar-refractivity contribution is 0.416. The van der Waals surface area contributed by atoms with Crippen LogP contribution in [0.5, 0.6) is 5.75 Å². The van der Waals surface area contributed by atoms with Gasteiger partial charge in [-0.3, -0.25) is 4.99 Å². The van der Waals surface area contributed by atoms with Crippen LogP contribution in [-0.4, -0.2) is 26.2 Å². The number of ether oxygens (including phenoxy) is 1. The van der Waals surface area contributed by atoms with E-state index in [1.54, 1.807) is 25.3 Å².